The van der Waals surface area contributed by atoms with Gasteiger partial charge in [0.15, 0.2) is 0 Å². The Bertz CT molecular complexity index is 783. The molecule has 3 N–H and O–H groups in total. The lowest BCUT2D eigenvalue weighted by Crippen LogP contribution is -2.46. The highest BCUT2D eigenvalue weighted by Crippen LogP contribution is 2.27. The van der Waals surface area contributed by atoms with Gasteiger partial charge >= 0.3 is 6.03 Å². The monoisotopic (exact) mass is 475 g/mol. The van der Waals surface area contributed by atoms with Crippen LogP contribution in [-0.2, 0) is 9.59 Å². The van der Waals surface area contributed by atoms with Crippen LogP contribution in [0.2, 0.25) is 0 Å². The standard InChI is InChI=1S/C16H17NO.C7H13BrN2O2/c1-17(2)16(18)15(13-9-5-3-6-10-13)14-11-7-4-8-12-14;1-3-7(8,4-2)5(11)10-6(9)12/h3-12,15H,1-2H3;3-4H2,1-2H3,(H3,9,10,11,12). The maximum absolute atomic E-state index is 12.4. The van der Waals surface area contributed by atoms with Crippen LogP contribution in [0.5, 0.6) is 0 Å². The van der Waals surface area contributed by atoms with E-state index in [-0.39, 0.29) is 17.7 Å². The van der Waals surface area contributed by atoms with Crippen LogP contribution in [0.4, 0.5) is 4.79 Å². The van der Waals surface area contributed by atoms with Crippen LogP contribution in [0.3, 0.4) is 0 Å². The smallest absolute Gasteiger partial charge is 0.318 e. The van der Waals surface area contributed by atoms with Crippen molar-refractivity contribution < 1.29 is 14.4 Å². The van der Waals surface area contributed by atoms with Crippen LogP contribution in [0, 0.1) is 0 Å². The Morgan fingerprint density at radius 2 is 1.33 bits per heavy atom. The van der Waals surface area contributed by atoms with Crippen molar-refractivity contribution in [3.8, 4) is 0 Å². The van der Waals surface area contributed by atoms with Gasteiger partial charge in [0.25, 0.3) is 0 Å². The molecule has 0 unspecified atom stereocenters. The zero-order valence-electron chi connectivity index (χ0n) is 17.9. The Balaban J connectivity index is 0.000000329. The van der Waals surface area contributed by atoms with Gasteiger partial charge in [-0.25, -0.2) is 4.79 Å². The zero-order valence-corrected chi connectivity index (χ0v) is 19.5. The van der Waals surface area contributed by atoms with Gasteiger partial charge in [0.1, 0.15) is 4.32 Å². The minimum Gasteiger partial charge on any atom is -0.351 e. The molecule has 0 aliphatic rings. The minimum atomic E-state index is -0.814. The predicted molar refractivity (Wildman–Crippen MR) is 123 cm³/mol. The average Bonchev–Trinajstić information content (AvgIpc) is 2.74. The Morgan fingerprint density at radius 3 is 1.63 bits per heavy atom. The molecule has 2 aromatic rings. The lowest BCUT2D eigenvalue weighted by molar-refractivity contribution is -0.129. The maximum atomic E-state index is 12.4. The first-order valence-electron chi connectivity index (χ1n) is 9.77. The molecule has 0 aliphatic heterocycles. The number of benzene rings is 2. The topological polar surface area (TPSA) is 92.5 Å². The van der Waals surface area contributed by atoms with Crippen molar-refractivity contribution in [1.29, 1.82) is 0 Å². The molecule has 2 aromatic carbocycles. The molecule has 162 valence electrons. The SMILES string of the molecule is CCC(Br)(CC)C(=O)NC(N)=O.CN(C)C(=O)C(c1ccccc1)c1ccccc1. The highest BCUT2D eigenvalue weighted by molar-refractivity contribution is 9.10. The first-order valence-corrected chi connectivity index (χ1v) is 10.6. The van der Waals surface area contributed by atoms with Crippen LogP contribution in [-0.4, -0.2) is 41.2 Å². The van der Waals surface area contributed by atoms with Gasteiger partial charge in [-0.05, 0) is 24.0 Å². The minimum absolute atomic E-state index is 0.104. The fourth-order valence-electron chi connectivity index (χ4n) is 2.82. The van der Waals surface area contributed by atoms with Crippen molar-refractivity contribution in [3.63, 3.8) is 0 Å². The van der Waals surface area contributed by atoms with E-state index in [1.807, 2.05) is 79.8 Å². The van der Waals surface area contributed by atoms with E-state index in [0.717, 1.165) is 11.1 Å². The second-order valence-corrected chi connectivity index (χ2v) is 8.50. The van der Waals surface area contributed by atoms with Gasteiger partial charge in [-0.2, -0.15) is 0 Å². The fourth-order valence-corrected chi connectivity index (χ4v) is 2.92. The number of carbonyl (C=O) groups is 3. The third kappa shape index (κ3) is 7.30. The molecule has 0 saturated heterocycles. The van der Waals surface area contributed by atoms with Crippen molar-refractivity contribution in [2.45, 2.75) is 36.9 Å². The number of amides is 4. The van der Waals surface area contributed by atoms with Gasteiger partial charge in [0, 0.05) is 14.1 Å². The molecule has 0 heterocycles. The van der Waals surface area contributed by atoms with E-state index in [9.17, 15) is 14.4 Å². The van der Waals surface area contributed by atoms with E-state index in [1.165, 1.54) is 0 Å². The van der Waals surface area contributed by atoms with Crippen molar-refractivity contribution >= 4 is 33.8 Å². The van der Waals surface area contributed by atoms with Gasteiger partial charge in [0.05, 0.1) is 5.92 Å². The number of rotatable bonds is 6. The first-order chi connectivity index (χ1) is 14.2. The number of imide groups is 1. The second kappa shape index (κ2) is 12.1. The number of halogens is 1. The molecule has 0 aromatic heterocycles. The first kappa shape index (κ1) is 25.4. The number of nitrogens with one attached hydrogen (secondary N) is 1. The van der Waals surface area contributed by atoms with E-state index < -0.39 is 10.4 Å². The maximum Gasteiger partial charge on any atom is 0.318 e. The molecular weight excluding hydrogens is 446 g/mol. The molecule has 7 heteroatoms. The van der Waals surface area contributed by atoms with Crippen molar-refractivity contribution in [2.24, 2.45) is 5.73 Å². The molecule has 0 aliphatic carbocycles. The fraction of sp³-hybridized carbons (Fsp3) is 0.348. The number of hydrogen-bond acceptors (Lipinski definition) is 3. The van der Waals surface area contributed by atoms with Crippen LogP contribution >= 0.6 is 15.9 Å². The van der Waals surface area contributed by atoms with Crippen LogP contribution in [0.25, 0.3) is 0 Å². The van der Waals surface area contributed by atoms with Crippen molar-refractivity contribution in [1.82, 2.24) is 10.2 Å². The number of hydrogen-bond donors (Lipinski definition) is 2. The molecule has 0 saturated carbocycles. The highest BCUT2D eigenvalue weighted by atomic mass is 79.9. The van der Waals surface area contributed by atoms with E-state index in [4.69, 9.17) is 5.73 Å². The number of nitrogens with two attached hydrogens (primary N) is 1. The number of carbonyl (C=O) groups excluding carboxylic acids is 3. The molecule has 0 radical (unpaired) electrons. The van der Waals surface area contributed by atoms with Crippen LogP contribution < -0.4 is 11.1 Å². The predicted octanol–water partition coefficient (Wildman–Crippen LogP) is 4.04. The van der Waals surface area contributed by atoms with E-state index in [1.54, 1.807) is 19.0 Å². The van der Waals surface area contributed by atoms with Gasteiger partial charge in [-0.15, -0.1) is 0 Å². The van der Waals surface area contributed by atoms with Gasteiger partial charge in [-0.3, -0.25) is 14.9 Å². The normalized spacial score (nSPS) is 10.6. The summed E-state index contributed by atoms with van der Waals surface area (Å²) in [7, 11) is 3.59. The molecule has 0 spiro atoms. The number of alkyl halides is 1. The van der Waals surface area contributed by atoms with Crippen LogP contribution in [0.15, 0.2) is 60.7 Å². The molecule has 0 bridgehead atoms. The summed E-state index contributed by atoms with van der Waals surface area (Å²) in [6.45, 7) is 3.72. The number of likely N-dealkylation sites (N-methyl/N-ethyl adjacent to an activating group) is 1. The lowest BCUT2D eigenvalue weighted by Gasteiger charge is -2.21. The largest absolute Gasteiger partial charge is 0.351 e. The van der Waals surface area contributed by atoms with Crippen molar-refractivity contribution in [2.75, 3.05) is 14.1 Å². The molecule has 30 heavy (non-hydrogen) atoms. The van der Waals surface area contributed by atoms with E-state index in [0.29, 0.717) is 12.8 Å². The Labute approximate surface area is 187 Å². The summed E-state index contributed by atoms with van der Waals surface area (Å²) in [4.78, 5) is 35.6. The summed E-state index contributed by atoms with van der Waals surface area (Å²) in [5.74, 6) is -0.491. The summed E-state index contributed by atoms with van der Waals surface area (Å²) >= 11 is 3.26. The quantitative estimate of drug-likeness (QED) is 0.617. The van der Waals surface area contributed by atoms with E-state index >= 15 is 0 Å². The lowest BCUT2D eigenvalue weighted by atomic mass is 9.90. The Hall–Kier alpha value is -2.67. The van der Waals surface area contributed by atoms with Crippen LogP contribution in [0.1, 0.15) is 43.7 Å². The van der Waals surface area contributed by atoms with Gasteiger partial charge in [0.2, 0.25) is 11.8 Å². The Kier molecular flexibility index (Phi) is 10.3. The van der Waals surface area contributed by atoms with Gasteiger partial charge < -0.3 is 10.6 Å². The highest BCUT2D eigenvalue weighted by Gasteiger charge is 2.32. The zero-order chi connectivity index (χ0) is 22.7. The molecule has 2 rings (SSSR count). The number of urea groups is 1. The summed E-state index contributed by atoms with van der Waals surface area (Å²) in [5, 5.41) is 2.04. The van der Waals surface area contributed by atoms with E-state index in [2.05, 4.69) is 15.9 Å². The second-order valence-electron chi connectivity index (χ2n) is 6.98. The summed E-state index contributed by atoms with van der Waals surface area (Å²) in [6, 6.07) is 19.0. The average molecular weight is 476 g/mol. The molecule has 0 atom stereocenters. The Morgan fingerprint density at radius 1 is 0.933 bits per heavy atom. The summed E-state index contributed by atoms with van der Waals surface area (Å²) in [5.41, 5.74) is 6.87. The third-order valence-electron chi connectivity index (χ3n) is 4.72. The molecule has 4 amide bonds. The number of nitrogens with zero attached hydrogens (tertiary/aromatic N) is 1. The molecular formula is C23H30BrN3O3. The third-order valence-corrected chi connectivity index (χ3v) is 6.20. The molecule has 0 fully saturated rings. The van der Waals surface area contributed by atoms with Crippen molar-refractivity contribution in [3.05, 3.63) is 71.8 Å². The summed E-state index contributed by atoms with van der Waals surface area (Å²) in [6.07, 6.45) is 1.23. The number of primary amides is 1. The summed E-state index contributed by atoms with van der Waals surface area (Å²) < 4.78 is -0.665. The molecule has 6 nitrogen and oxygen atoms in total. The van der Waals surface area contributed by atoms with Gasteiger partial charge in [-0.1, -0.05) is 90.4 Å².